The molecule has 0 bridgehead atoms. The molecule has 5 heteroatoms. The van der Waals surface area contributed by atoms with Gasteiger partial charge in [0, 0.05) is 4.88 Å². The van der Waals surface area contributed by atoms with Gasteiger partial charge < -0.3 is 10.4 Å². The molecule has 1 rings (SSSR count). The predicted molar refractivity (Wildman–Crippen MR) is 56.9 cm³/mol. The van der Waals surface area contributed by atoms with E-state index in [0.717, 1.165) is 10.6 Å². The summed E-state index contributed by atoms with van der Waals surface area (Å²) in [7, 11) is 0. The Morgan fingerprint density at radius 3 is 2.64 bits per heavy atom. The number of thiazole rings is 1. The highest BCUT2D eigenvalue weighted by molar-refractivity contribution is 7.15. The van der Waals surface area contributed by atoms with E-state index in [1.807, 2.05) is 20.8 Å². The molecule has 0 amide bonds. The number of nitrogens with zero attached hydrogens (tertiary/aromatic N) is 1. The number of carboxylic acid groups (broad SMARTS) is 1. The van der Waals surface area contributed by atoms with Gasteiger partial charge in [0.25, 0.3) is 0 Å². The molecule has 1 atom stereocenters. The van der Waals surface area contributed by atoms with Crippen molar-refractivity contribution < 1.29 is 9.90 Å². The van der Waals surface area contributed by atoms with Gasteiger partial charge >= 0.3 is 5.97 Å². The summed E-state index contributed by atoms with van der Waals surface area (Å²) in [6.45, 7) is 5.72. The molecule has 14 heavy (non-hydrogen) atoms. The molecule has 1 aromatic rings. The molecule has 0 radical (unpaired) electrons. The molecule has 0 aliphatic heterocycles. The Labute approximate surface area is 87.0 Å². The third-order valence-electron chi connectivity index (χ3n) is 2.03. The lowest BCUT2D eigenvalue weighted by Gasteiger charge is -2.09. The second-order valence-electron chi connectivity index (χ2n) is 3.10. The van der Waals surface area contributed by atoms with Crippen LogP contribution in [0, 0.1) is 13.8 Å². The number of aryl methyl sites for hydroxylation is 2. The van der Waals surface area contributed by atoms with E-state index >= 15 is 0 Å². The van der Waals surface area contributed by atoms with E-state index in [1.165, 1.54) is 11.3 Å². The minimum Gasteiger partial charge on any atom is -0.480 e. The number of aliphatic carboxylic acids is 1. The standard InChI is InChI=1S/C9H14N2O2S/c1-4-7(8(12)13)11-9-10-5(2)6(3)14-9/h7H,4H2,1-3H3,(H,10,11)(H,12,13). The third-order valence-corrected chi connectivity index (χ3v) is 3.04. The molecule has 2 N–H and O–H groups in total. The molecule has 0 fully saturated rings. The molecule has 0 aliphatic carbocycles. The minimum absolute atomic E-state index is 0.542. The number of nitrogens with one attached hydrogen (secondary N) is 1. The van der Waals surface area contributed by atoms with Crippen LogP contribution in [-0.4, -0.2) is 22.1 Å². The predicted octanol–water partition coefficient (Wildman–Crippen LogP) is 2.04. The first-order chi connectivity index (χ1) is 6.54. The van der Waals surface area contributed by atoms with Crippen LogP contribution < -0.4 is 5.32 Å². The van der Waals surface area contributed by atoms with Crippen molar-refractivity contribution >= 4 is 22.4 Å². The van der Waals surface area contributed by atoms with Gasteiger partial charge in [-0.15, -0.1) is 11.3 Å². The Morgan fingerprint density at radius 1 is 1.64 bits per heavy atom. The van der Waals surface area contributed by atoms with Gasteiger partial charge in [0.2, 0.25) is 0 Å². The fourth-order valence-corrected chi connectivity index (χ4v) is 1.89. The van der Waals surface area contributed by atoms with Gasteiger partial charge in [-0.25, -0.2) is 9.78 Å². The average molecular weight is 214 g/mol. The maximum absolute atomic E-state index is 10.7. The van der Waals surface area contributed by atoms with Crippen molar-refractivity contribution in [2.45, 2.75) is 33.2 Å². The average Bonchev–Trinajstić information content (AvgIpc) is 2.41. The van der Waals surface area contributed by atoms with Crippen molar-refractivity contribution in [3.8, 4) is 0 Å². The van der Waals surface area contributed by atoms with Crippen molar-refractivity contribution in [1.29, 1.82) is 0 Å². The van der Waals surface area contributed by atoms with Crippen LogP contribution in [0.5, 0.6) is 0 Å². The lowest BCUT2D eigenvalue weighted by Crippen LogP contribution is -2.28. The summed E-state index contributed by atoms with van der Waals surface area (Å²) in [6, 6.07) is -0.542. The molecule has 0 aliphatic rings. The Balaban J connectivity index is 2.72. The smallest absolute Gasteiger partial charge is 0.326 e. The molecule has 4 nitrogen and oxygen atoms in total. The first-order valence-electron chi connectivity index (χ1n) is 4.48. The Morgan fingerprint density at radius 2 is 2.29 bits per heavy atom. The first kappa shape index (κ1) is 11.0. The lowest BCUT2D eigenvalue weighted by atomic mass is 10.2. The van der Waals surface area contributed by atoms with Gasteiger partial charge in [-0.3, -0.25) is 0 Å². The molecule has 0 saturated heterocycles. The van der Waals surface area contributed by atoms with Crippen LogP contribution in [0.4, 0.5) is 5.13 Å². The highest BCUT2D eigenvalue weighted by Gasteiger charge is 2.16. The van der Waals surface area contributed by atoms with E-state index in [0.29, 0.717) is 11.6 Å². The number of rotatable bonds is 4. The van der Waals surface area contributed by atoms with Gasteiger partial charge in [-0.1, -0.05) is 6.92 Å². The highest BCUT2D eigenvalue weighted by atomic mass is 32.1. The monoisotopic (exact) mass is 214 g/mol. The number of hydrogen-bond donors (Lipinski definition) is 2. The van der Waals surface area contributed by atoms with E-state index in [2.05, 4.69) is 10.3 Å². The van der Waals surface area contributed by atoms with Crippen molar-refractivity contribution in [1.82, 2.24) is 4.98 Å². The van der Waals surface area contributed by atoms with E-state index < -0.39 is 12.0 Å². The molecular weight excluding hydrogens is 200 g/mol. The van der Waals surface area contributed by atoms with Gasteiger partial charge in [0.1, 0.15) is 6.04 Å². The van der Waals surface area contributed by atoms with Crippen molar-refractivity contribution in [3.63, 3.8) is 0 Å². The van der Waals surface area contributed by atoms with Crippen molar-refractivity contribution in [2.24, 2.45) is 0 Å². The summed E-state index contributed by atoms with van der Waals surface area (Å²) < 4.78 is 0. The van der Waals surface area contributed by atoms with Crippen LogP contribution in [-0.2, 0) is 4.79 Å². The Hall–Kier alpha value is -1.10. The second kappa shape index (κ2) is 4.41. The van der Waals surface area contributed by atoms with E-state index in [4.69, 9.17) is 5.11 Å². The number of carboxylic acids is 1. The summed E-state index contributed by atoms with van der Waals surface area (Å²) >= 11 is 1.49. The molecule has 0 saturated carbocycles. The summed E-state index contributed by atoms with van der Waals surface area (Å²) in [5.74, 6) is -0.835. The van der Waals surface area contributed by atoms with Crippen LogP contribution >= 0.6 is 11.3 Å². The van der Waals surface area contributed by atoms with Crippen LogP contribution in [0.15, 0.2) is 0 Å². The zero-order chi connectivity index (χ0) is 10.7. The van der Waals surface area contributed by atoms with Crippen molar-refractivity contribution in [3.05, 3.63) is 10.6 Å². The summed E-state index contributed by atoms with van der Waals surface area (Å²) in [5.41, 5.74) is 0.956. The fraction of sp³-hybridized carbons (Fsp3) is 0.556. The SMILES string of the molecule is CCC(Nc1nc(C)c(C)s1)C(=O)O. The molecule has 1 heterocycles. The Kier molecular flexibility index (Phi) is 3.46. The van der Waals surface area contributed by atoms with Crippen molar-refractivity contribution in [2.75, 3.05) is 5.32 Å². The topological polar surface area (TPSA) is 62.2 Å². The zero-order valence-corrected chi connectivity index (χ0v) is 9.31. The molecule has 78 valence electrons. The zero-order valence-electron chi connectivity index (χ0n) is 8.50. The quantitative estimate of drug-likeness (QED) is 0.805. The highest BCUT2D eigenvalue weighted by Crippen LogP contribution is 2.22. The molecule has 0 aromatic carbocycles. The molecule has 1 aromatic heterocycles. The lowest BCUT2D eigenvalue weighted by molar-refractivity contribution is -0.137. The van der Waals surface area contributed by atoms with Gasteiger partial charge in [0.15, 0.2) is 5.13 Å². The van der Waals surface area contributed by atoms with Crippen LogP contribution in [0.2, 0.25) is 0 Å². The molecule has 0 spiro atoms. The molecular formula is C9H14N2O2S. The van der Waals surface area contributed by atoms with Crippen LogP contribution in [0.3, 0.4) is 0 Å². The largest absolute Gasteiger partial charge is 0.480 e. The number of hydrogen-bond acceptors (Lipinski definition) is 4. The second-order valence-corrected chi connectivity index (χ2v) is 4.31. The first-order valence-corrected chi connectivity index (χ1v) is 5.29. The van der Waals surface area contributed by atoms with Gasteiger partial charge in [-0.05, 0) is 20.3 Å². The van der Waals surface area contributed by atoms with Gasteiger partial charge in [0.05, 0.1) is 5.69 Å². The summed E-state index contributed by atoms with van der Waals surface area (Å²) in [4.78, 5) is 16.1. The molecule has 1 unspecified atom stereocenters. The minimum atomic E-state index is -0.835. The maximum Gasteiger partial charge on any atom is 0.326 e. The number of aromatic nitrogens is 1. The third kappa shape index (κ3) is 2.45. The van der Waals surface area contributed by atoms with E-state index in [1.54, 1.807) is 0 Å². The van der Waals surface area contributed by atoms with Gasteiger partial charge in [-0.2, -0.15) is 0 Å². The normalized spacial score (nSPS) is 12.5. The summed E-state index contributed by atoms with van der Waals surface area (Å²) in [5, 5.41) is 12.4. The van der Waals surface area contributed by atoms with Crippen LogP contribution in [0.25, 0.3) is 0 Å². The fourth-order valence-electron chi connectivity index (χ4n) is 1.02. The van der Waals surface area contributed by atoms with E-state index in [-0.39, 0.29) is 0 Å². The Bertz CT molecular complexity index is 316. The number of anilines is 1. The van der Waals surface area contributed by atoms with Crippen LogP contribution in [0.1, 0.15) is 23.9 Å². The maximum atomic E-state index is 10.7. The summed E-state index contributed by atoms with van der Waals surface area (Å²) in [6.07, 6.45) is 0.549. The van der Waals surface area contributed by atoms with E-state index in [9.17, 15) is 4.79 Å². The number of carbonyl (C=O) groups is 1.